The van der Waals surface area contributed by atoms with Gasteiger partial charge in [0.2, 0.25) is 11.8 Å². The van der Waals surface area contributed by atoms with Crippen molar-refractivity contribution in [2.24, 2.45) is 5.92 Å². The fourth-order valence-corrected chi connectivity index (χ4v) is 4.02. The summed E-state index contributed by atoms with van der Waals surface area (Å²) in [6.07, 6.45) is 1.65. The predicted molar refractivity (Wildman–Crippen MR) is 102 cm³/mol. The van der Waals surface area contributed by atoms with E-state index in [2.05, 4.69) is 5.32 Å². The Morgan fingerprint density at radius 1 is 1.33 bits per heavy atom. The summed E-state index contributed by atoms with van der Waals surface area (Å²) in [5.74, 6) is -1.46. The van der Waals surface area contributed by atoms with E-state index in [1.165, 1.54) is 0 Å². The van der Waals surface area contributed by atoms with Crippen molar-refractivity contribution >= 4 is 35.1 Å². The van der Waals surface area contributed by atoms with Crippen LogP contribution in [0.25, 0.3) is 0 Å². The number of anilines is 1. The number of carbonyl (C=O) groups is 3. The number of nitrogens with one attached hydrogen (secondary N) is 1. The Morgan fingerprint density at radius 2 is 2.04 bits per heavy atom. The summed E-state index contributed by atoms with van der Waals surface area (Å²) in [4.78, 5) is 39.2. The van der Waals surface area contributed by atoms with Gasteiger partial charge in [-0.3, -0.25) is 19.3 Å². The van der Waals surface area contributed by atoms with E-state index in [0.29, 0.717) is 23.8 Å². The molecule has 1 aromatic carbocycles. The summed E-state index contributed by atoms with van der Waals surface area (Å²) in [6, 6.07) is 7.33. The normalized spacial score (nSPS) is 24.8. The van der Waals surface area contributed by atoms with E-state index in [0.717, 1.165) is 12.8 Å². The first kappa shape index (κ1) is 19.6. The number of hydrogen-bond acceptors (Lipinski definition) is 4. The topological polar surface area (TPSA) is 90.0 Å². The predicted octanol–water partition coefficient (Wildman–Crippen LogP) is 1.75. The Morgan fingerprint density at radius 3 is 2.67 bits per heavy atom. The highest BCUT2D eigenvalue weighted by molar-refractivity contribution is 6.33. The van der Waals surface area contributed by atoms with Crippen molar-refractivity contribution in [3.63, 3.8) is 0 Å². The summed E-state index contributed by atoms with van der Waals surface area (Å²) in [5.41, 5.74) is 0.635. The number of halogens is 1. The molecule has 8 heteroatoms. The molecule has 0 aromatic heterocycles. The minimum Gasteiger partial charge on any atom is -0.480 e. The lowest BCUT2D eigenvalue weighted by Crippen LogP contribution is -2.55. The van der Waals surface area contributed by atoms with Crippen LogP contribution in [-0.2, 0) is 14.4 Å². The maximum Gasteiger partial charge on any atom is 0.317 e. The van der Waals surface area contributed by atoms with Gasteiger partial charge in [0.1, 0.15) is 0 Å². The van der Waals surface area contributed by atoms with Crippen LogP contribution >= 0.6 is 11.6 Å². The molecule has 2 amide bonds. The molecular weight excluding hydrogens is 370 g/mol. The highest BCUT2D eigenvalue weighted by Crippen LogP contribution is 2.32. The second-order valence-corrected chi connectivity index (χ2v) is 7.55. The highest BCUT2D eigenvalue weighted by atomic mass is 35.5. The van der Waals surface area contributed by atoms with Crippen LogP contribution in [0.15, 0.2) is 24.3 Å². The second-order valence-electron chi connectivity index (χ2n) is 7.14. The molecule has 0 spiro atoms. The number of rotatable bonds is 7. The zero-order valence-electron chi connectivity index (χ0n) is 15.2. The maximum absolute atomic E-state index is 12.5. The Labute approximate surface area is 163 Å². The summed E-state index contributed by atoms with van der Waals surface area (Å²) < 4.78 is 0. The standard InChI is InChI=1S/C19H24ClN3O4/c1-2-22(11-18(25)26)14-8-13(9-14)21-19(27)12-7-17(24)23(10-12)16-6-4-3-5-15(16)20/h3-6,12-14H,2,7-11H2,1H3,(H,21,27)(H,25,26). The summed E-state index contributed by atoms with van der Waals surface area (Å²) in [6.45, 7) is 2.94. The number of para-hydroxylation sites is 1. The molecule has 146 valence electrons. The van der Waals surface area contributed by atoms with Crippen molar-refractivity contribution in [2.45, 2.75) is 38.3 Å². The van der Waals surface area contributed by atoms with E-state index in [1.54, 1.807) is 23.1 Å². The van der Waals surface area contributed by atoms with E-state index in [-0.39, 0.29) is 36.9 Å². The lowest BCUT2D eigenvalue weighted by molar-refractivity contribution is -0.140. The molecule has 2 N–H and O–H groups in total. The number of amides is 2. The molecular formula is C19H24ClN3O4. The largest absolute Gasteiger partial charge is 0.480 e. The summed E-state index contributed by atoms with van der Waals surface area (Å²) >= 11 is 6.17. The van der Waals surface area contributed by atoms with Crippen LogP contribution in [0, 0.1) is 5.92 Å². The van der Waals surface area contributed by atoms with Crippen molar-refractivity contribution in [3.8, 4) is 0 Å². The monoisotopic (exact) mass is 393 g/mol. The first-order chi connectivity index (χ1) is 12.9. The van der Waals surface area contributed by atoms with Crippen molar-refractivity contribution < 1.29 is 19.5 Å². The first-order valence-corrected chi connectivity index (χ1v) is 9.58. The number of carboxylic acid groups (broad SMARTS) is 1. The molecule has 0 radical (unpaired) electrons. The van der Waals surface area contributed by atoms with Crippen LogP contribution in [-0.4, -0.2) is 59.5 Å². The molecule has 1 saturated carbocycles. The van der Waals surface area contributed by atoms with Crippen molar-refractivity contribution in [1.29, 1.82) is 0 Å². The first-order valence-electron chi connectivity index (χ1n) is 9.20. The molecule has 2 fully saturated rings. The molecule has 1 aliphatic carbocycles. The summed E-state index contributed by atoms with van der Waals surface area (Å²) in [5, 5.41) is 12.4. The van der Waals surface area contributed by atoms with Crippen LogP contribution < -0.4 is 10.2 Å². The zero-order chi connectivity index (χ0) is 19.6. The van der Waals surface area contributed by atoms with Crippen LogP contribution in [0.5, 0.6) is 0 Å². The number of hydrogen-bond donors (Lipinski definition) is 2. The molecule has 1 atom stereocenters. The van der Waals surface area contributed by atoms with E-state index in [4.69, 9.17) is 16.7 Å². The fraction of sp³-hybridized carbons (Fsp3) is 0.526. The smallest absolute Gasteiger partial charge is 0.317 e. The average Bonchev–Trinajstić information content (AvgIpc) is 2.98. The van der Waals surface area contributed by atoms with Gasteiger partial charge in [0.25, 0.3) is 0 Å². The van der Waals surface area contributed by atoms with Gasteiger partial charge >= 0.3 is 5.97 Å². The van der Waals surface area contributed by atoms with Crippen LogP contribution in [0.3, 0.4) is 0 Å². The lowest BCUT2D eigenvalue weighted by atomic mass is 9.85. The minimum atomic E-state index is -0.839. The number of aliphatic carboxylic acids is 1. The molecule has 1 aromatic rings. The Balaban J connectivity index is 1.51. The minimum absolute atomic E-state index is 0.0196. The van der Waals surface area contributed by atoms with Gasteiger partial charge in [0.15, 0.2) is 0 Å². The van der Waals surface area contributed by atoms with Gasteiger partial charge < -0.3 is 15.3 Å². The van der Waals surface area contributed by atoms with Crippen LogP contribution in [0.4, 0.5) is 5.69 Å². The van der Waals surface area contributed by atoms with Gasteiger partial charge in [-0.05, 0) is 31.5 Å². The van der Waals surface area contributed by atoms with Crippen molar-refractivity contribution in [1.82, 2.24) is 10.2 Å². The quantitative estimate of drug-likeness (QED) is 0.736. The summed E-state index contributed by atoms with van der Waals surface area (Å²) in [7, 11) is 0. The molecule has 27 heavy (non-hydrogen) atoms. The van der Waals surface area contributed by atoms with Gasteiger partial charge in [0, 0.05) is 25.0 Å². The Bertz CT molecular complexity index is 735. The van der Waals surface area contributed by atoms with E-state index in [1.807, 2.05) is 17.9 Å². The number of benzene rings is 1. The van der Waals surface area contributed by atoms with Gasteiger partial charge in [-0.15, -0.1) is 0 Å². The molecule has 1 aliphatic heterocycles. The van der Waals surface area contributed by atoms with Crippen molar-refractivity contribution in [2.75, 3.05) is 24.5 Å². The number of carboxylic acids is 1. The van der Waals surface area contributed by atoms with Crippen LogP contribution in [0.2, 0.25) is 5.02 Å². The average molecular weight is 394 g/mol. The Kier molecular flexibility index (Phi) is 6.01. The molecule has 1 heterocycles. The molecule has 7 nitrogen and oxygen atoms in total. The SMILES string of the molecule is CCN(CC(=O)O)C1CC(NC(=O)C2CC(=O)N(c3ccccc3Cl)C2)C1. The van der Waals surface area contributed by atoms with Crippen LogP contribution in [0.1, 0.15) is 26.2 Å². The fourth-order valence-electron chi connectivity index (χ4n) is 3.78. The third kappa shape index (κ3) is 4.42. The highest BCUT2D eigenvalue weighted by Gasteiger charge is 2.39. The van der Waals surface area contributed by atoms with Gasteiger partial charge in [0.05, 0.1) is 23.2 Å². The van der Waals surface area contributed by atoms with Gasteiger partial charge in [-0.25, -0.2) is 0 Å². The van der Waals surface area contributed by atoms with E-state index >= 15 is 0 Å². The van der Waals surface area contributed by atoms with Gasteiger partial charge in [-0.2, -0.15) is 0 Å². The lowest BCUT2D eigenvalue weighted by Gasteiger charge is -2.42. The molecule has 3 rings (SSSR count). The van der Waals surface area contributed by atoms with E-state index in [9.17, 15) is 14.4 Å². The van der Waals surface area contributed by atoms with Crippen molar-refractivity contribution in [3.05, 3.63) is 29.3 Å². The zero-order valence-corrected chi connectivity index (χ0v) is 16.0. The van der Waals surface area contributed by atoms with Gasteiger partial charge in [-0.1, -0.05) is 30.7 Å². The third-order valence-corrected chi connectivity index (χ3v) is 5.68. The number of carbonyl (C=O) groups excluding carboxylic acids is 2. The molecule has 1 unspecified atom stereocenters. The molecule has 2 aliphatic rings. The maximum atomic E-state index is 12.5. The third-order valence-electron chi connectivity index (χ3n) is 5.36. The van der Waals surface area contributed by atoms with E-state index < -0.39 is 11.9 Å². The molecule has 1 saturated heterocycles. The number of nitrogens with zero attached hydrogens (tertiary/aromatic N) is 2. The molecule has 0 bridgehead atoms. The second kappa shape index (κ2) is 8.27. The number of likely N-dealkylation sites (N-methyl/N-ethyl adjacent to an activating group) is 1. The Hall–Kier alpha value is -2.12.